The van der Waals surface area contributed by atoms with E-state index in [-0.39, 0.29) is 42.3 Å². The maximum atomic E-state index is 12.1. The largest absolute Gasteiger partial charge is 0.454 e. The van der Waals surface area contributed by atoms with Gasteiger partial charge in [-0.2, -0.15) is 0 Å². The Morgan fingerprint density at radius 1 is 1.28 bits per heavy atom. The highest BCUT2D eigenvalue weighted by molar-refractivity contribution is 5.67. The van der Waals surface area contributed by atoms with Crippen molar-refractivity contribution in [2.24, 2.45) is 23.2 Å². The summed E-state index contributed by atoms with van der Waals surface area (Å²) in [7, 11) is 0. The monoisotopic (exact) mass is 401 g/mol. The number of hydrogen-bond donors (Lipinski definition) is 1. The van der Waals surface area contributed by atoms with Crippen molar-refractivity contribution in [1.82, 2.24) is 5.32 Å². The molecule has 5 atom stereocenters. The Hall–Kier alpha value is -2.21. The number of fused-ring (bicyclic) bond motifs is 3. The van der Waals surface area contributed by atoms with Crippen LogP contribution in [0.25, 0.3) is 0 Å². The van der Waals surface area contributed by atoms with E-state index in [1.165, 1.54) is 5.57 Å². The highest BCUT2D eigenvalue weighted by Crippen LogP contribution is 2.56. The van der Waals surface area contributed by atoms with Gasteiger partial charge < -0.3 is 24.3 Å². The number of ether oxygens (including phenoxy) is 4. The van der Waals surface area contributed by atoms with E-state index in [9.17, 15) is 4.79 Å². The van der Waals surface area contributed by atoms with Crippen molar-refractivity contribution < 1.29 is 23.7 Å². The second-order valence-corrected chi connectivity index (χ2v) is 8.97. The zero-order valence-electron chi connectivity index (χ0n) is 17.9. The number of benzene rings is 1. The summed E-state index contributed by atoms with van der Waals surface area (Å²) < 4.78 is 23.1. The highest BCUT2D eigenvalue weighted by atomic mass is 16.7. The van der Waals surface area contributed by atoms with Crippen LogP contribution in [0.3, 0.4) is 0 Å². The van der Waals surface area contributed by atoms with E-state index in [1.807, 2.05) is 26.0 Å². The summed E-state index contributed by atoms with van der Waals surface area (Å²) >= 11 is 0. The van der Waals surface area contributed by atoms with Crippen LogP contribution in [0.2, 0.25) is 0 Å². The van der Waals surface area contributed by atoms with Crippen molar-refractivity contribution in [2.75, 3.05) is 20.0 Å². The molecule has 1 aromatic rings. The highest BCUT2D eigenvalue weighted by Gasteiger charge is 2.54. The summed E-state index contributed by atoms with van der Waals surface area (Å²) in [5.41, 5.74) is 2.20. The van der Waals surface area contributed by atoms with Gasteiger partial charge in [-0.25, -0.2) is 4.79 Å². The van der Waals surface area contributed by atoms with E-state index in [2.05, 4.69) is 38.2 Å². The van der Waals surface area contributed by atoms with Gasteiger partial charge in [0, 0.05) is 17.4 Å². The number of alkyl carbamates (subject to hydrolysis) is 1. The predicted molar refractivity (Wildman–Crippen MR) is 109 cm³/mol. The van der Waals surface area contributed by atoms with Crippen LogP contribution >= 0.6 is 0 Å². The zero-order chi connectivity index (χ0) is 20.8. The van der Waals surface area contributed by atoms with E-state index < -0.39 is 0 Å². The first-order valence-corrected chi connectivity index (χ1v) is 10.4. The van der Waals surface area contributed by atoms with Crippen molar-refractivity contribution in [2.45, 2.75) is 46.8 Å². The molecule has 1 aliphatic carbocycles. The Balaban J connectivity index is 1.58. The number of nitrogens with one attached hydrogen (secondary N) is 1. The second-order valence-electron chi connectivity index (χ2n) is 8.97. The van der Waals surface area contributed by atoms with Gasteiger partial charge >= 0.3 is 6.09 Å². The smallest absolute Gasteiger partial charge is 0.407 e. The van der Waals surface area contributed by atoms with Crippen LogP contribution in [-0.2, 0) is 9.47 Å². The summed E-state index contributed by atoms with van der Waals surface area (Å²) in [5.74, 6) is 2.34. The summed E-state index contributed by atoms with van der Waals surface area (Å²) in [4.78, 5) is 12.1. The lowest BCUT2D eigenvalue weighted by Gasteiger charge is -2.55. The molecule has 6 nitrogen and oxygen atoms in total. The lowest BCUT2D eigenvalue weighted by molar-refractivity contribution is -0.165. The van der Waals surface area contributed by atoms with Gasteiger partial charge in [0.25, 0.3) is 0 Å². The maximum Gasteiger partial charge on any atom is 0.407 e. The molecule has 1 saturated heterocycles. The standard InChI is InChI=1S/C23H31NO5/c1-13(2)24-22(25)27-11-23-10-26-21(20(16(23)5)14(3)8-15(23)4)17-6-7-18-19(9-17)29-12-28-18/h6-9,13,15-16,20-21H,10-12H2,1-5H3,(H,24,25)/t15?,16-,20?,21?,23-/m1/s1. The van der Waals surface area contributed by atoms with E-state index >= 15 is 0 Å². The van der Waals surface area contributed by atoms with Gasteiger partial charge in [-0.3, -0.25) is 0 Å². The van der Waals surface area contributed by atoms with Crippen LogP contribution in [-0.4, -0.2) is 32.1 Å². The van der Waals surface area contributed by atoms with Crippen molar-refractivity contribution in [1.29, 1.82) is 0 Å². The summed E-state index contributed by atoms with van der Waals surface area (Å²) in [5, 5.41) is 2.81. The molecule has 0 aromatic heterocycles. The third kappa shape index (κ3) is 3.48. The molecule has 0 spiro atoms. The van der Waals surface area contributed by atoms with Crippen molar-refractivity contribution in [3.63, 3.8) is 0 Å². The number of carbonyl (C=O) groups excluding carboxylic acids is 1. The number of carbonyl (C=O) groups is 1. The van der Waals surface area contributed by atoms with Crippen LogP contribution in [0, 0.1) is 23.2 Å². The van der Waals surface area contributed by atoms with Crippen molar-refractivity contribution in [3.05, 3.63) is 35.4 Å². The summed E-state index contributed by atoms with van der Waals surface area (Å²) in [6.07, 6.45) is 1.91. The third-order valence-corrected chi connectivity index (χ3v) is 6.85. The fraction of sp³-hybridized carbons (Fsp3) is 0.609. The molecular weight excluding hydrogens is 370 g/mol. The number of rotatable bonds is 4. The fourth-order valence-electron chi connectivity index (χ4n) is 5.13. The molecule has 158 valence electrons. The van der Waals surface area contributed by atoms with Gasteiger partial charge in [-0.1, -0.05) is 31.6 Å². The molecule has 1 amide bonds. The average Bonchev–Trinajstić information content (AvgIpc) is 3.12. The van der Waals surface area contributed by atoms with Gasteiger partial charge in [0.2, 0.25) is 6.79 Å². The van der Waals surface area contributed by atoms with Gasteiger partial charge in [-0.15, -0.1) is 0 Å². The molecule has 29 heavy (non-hydrogen) atoms. The summed E-state index contributed by atoms with van der Waals surface area (Å²) in [6, 6.07) is 6.10. The van der Waals surface area contributed by atoms with Crippen LogP contribution < -0.4 is 14.8 Å². The van der Waals surface area contributed by atoms with E-state index in [0.717, 1.165) is 17.1 Å². The van der Waals surface area contributed by atoms with Crippen molar-refractivity contribution >= 4 is 6.09 Å². The third-order valence-electron chi connectivity index (χ3n) is 6.85. The lowest BCUT2D eigenvalue weighted by Crippen LogP contribution is -2.55. The Kier molecular flexibility index (Phi) is 5.23. The molecule has 6 heteroatoms. The molecule has 1 N–H and O–H groups in total. The van der Waals surface area contributed by atoms with Crippen LogP contribution in [0.15, 0.2) is 29.8 Å². The Bertz CT molecular complexity index is 819. The molecule has 3 unspecified atom stereocenters. The second kappa shape index (κ2) is 7.56. The first-order chi connectivity index (χ1) is 13.8. The number of amides is 1. The molecule has 2 aliphatic heterocycles. The molecular formula is C23H31NO5. The SMILES string of the molecule is CC1=CC(C)[C@]2(COC(=O)NC(C)C)COC(c3ccc4c(c3)OCO4)C1[C@H]2C. The number of hydrogen-bond acceptors (Lipinski definition) is 5. The molecule has 0 saturated carbocycles. The predicted octanol–water partition coefficient (Wildman–Crippen LogP) is 4.46. The van der Waals surface area contributed by atoms with Gasteiger partial charge in [0.15, 0.2) is 11.5 Å². The normalized spacial score (nSPS) is 32.7. The number of allylic oxidation sites excluding steroid dienone is 1. The molecule has 3 aliphatic rings. The van der Waals surface area contributed by atoms with Gasteiger partial charge in [0.05, 0.1) is 12.7 Å². The lowest BCUT2D eigenvalue weighted by atomic mass is 9.56. The quantitative estimate of drug-likeness (QED) is 0.755. The minimum Gasteiger partial charge on any atom is -0.454 e. The van der Waals surface area contributed by atoms with Crippen LogP contribution in [0.5, 0.6) is 11.5 Å². The zero-order valence-corrected chi connectivity index (χ0v) is 17.9. The Morgan fingerprint density at radius 2 is 2.03 bits per heavy atom. The van der Waals surface area contributed by atoms with E-state index in [4.69, 9.17) is 18.9 Å². The average molecular weight is 402 g/mol. The van der Waals surface area contributed by atoms with Crippen LogP contribution in [0.4, 0.5) is 4.79 Å². The Morgan fingerprint density at radius 3 is 2.79 bits per heavy atom. The molecule has 2 heterocycles. The summed E-state index contributed by atoms with van der Waals surface area (Å²) in [6.45, 7) is 11.7. The molecule has 0 radical (unpaired) electrons. The first-order valence-electron chi connectivity index (χ1n) is 10.4. The minimum atomic E-state index is -0.366. The van der Waals surface area contributed by atoms with Gasteiger partial charge in [0.1, 0.15) is 6.61 Å². The first kappa shape index (κ1) is 20.1. The topological polar surface area (TPSA) is 66.0 Å². The molecule has 4 rings (SSSR count). The van der Waals surface area contributed by atoms with Crippen molar-refractivity contribution in [3.8, 4) is 11.5 Å². The molecule has 1 aromatic carbocycles. The Labute approximate surface area is 172 Å². The molecule has 1 fully saturated rings. The van der Waals surface area contributed by atoms with Crippen LogP contribution in [0.1, 0.15) is 46.3 Å². The van der Waals surface area contributed by atoms with Gasteiger partial charge in [-0.05, 0) is 50.3 Å². The fourth-order valence-corrected chi connectivity index (χ4v) is 5.13. The van der Waals surface area contributed by atoms with E-state index in [0.29, 0.717) is 19.1 Å². The van der Waals surface area contributed by atoms with E-state index in [1.54, 1.807) is 0 Å². The molecule has 2 bridgehead atoms. The minimum absolute atomic E-state index is 0.0501. The maximum absolute atomic E-state index is 12.1.